The molecule has 4 rings (SSSR count). The van der Waals surface area contributed by atoms with Crippen molar-refractivity contribution in [2.24, 2.45) is 0 Å². The molecule has 1 aromatic heterocycles. The van der Waals surface area contributed by atoms with E-state index >= 15 is 0 Å². The Labute approximate surface area is 157 Å². The highest BCUT2D eigenvalue weighted by Crippen LogP contribution is 2.26. The number of aromatic amines is 1. The zero-order valence-electron chi connectivity index (χ0n) is 15.2. The zero-order chi connectivity index (χ0) is 19.1. The lowest BCUT2D eigenvalue weighted by Gasteiger charge is -2.16. The Bertz CT molecular complexity index is 813. The molecule has 3 aromatic rings. The van der Waals surface area contributed by atoms with Crippen LogP contribution in [-0.2, 0) is 0 Å². The number of aryl methyl sites for hydroxylation is 1. The maximum Gasteiger partial charge on any atom is 0.208 e. The third kappa shape index (κ3) is 4.08. The molecule has 0 saturated carbocycles. The molecule has 2 aromatic carbocycles. The highest BCUT2D eigenvalue weighted by molar-refractivity contribution is 7.98. The van der Waals surface area contributed by atoms with Gasteiger partial charge in [-0.3, -0.25) is 14.7 Å². The third-order valence-corrected chi connectivity index (χ3v) is 4.14. The molecule has 0 fully saturated rings. The fourth-order valence-corrected chi connectivity index (χ4v) is 2.83. The van der Waals surface area contributed by atoms with Crippen molar-refractivity contribution in [3.05, 3.63) is 76.6 Å². The normalized spacial score (nSPS) is 11.4. The quantitative estimate of drug-likeness (QED) is 0.507. The predicted molar refractivity (Wildman–Crippen MR) is 104 cm³/mol. The van der Waals surface area contributed by atoms with Crippen LogP contribution in [0, 0.1) is 6.92 Å². The molecule has 0 aliphatic heterocycles. The summed E-state index contributed by atoms with van der Waals surface area (Å²) in [6.07, 6.45) is 1.95. The smallest absolute Gasteiger partial charge is 0.208 e. The van der Waals surface area contributed by atoms with E-state index in [0.717, 1.165) is 11.0 Å². The van der Waals surface area contributed by atoms with E-state index in [-0.39, 0.29) is 11.6 Å². The molecule has 5 nitrogen and oxygen atoms in total. The van der Waals surface area contributed by atoms with Gasteiger partial charge in [0.1, 0.15) is 5.82 Å². The topological polar surface area (TPSA) is 75.7 Å². The fourth-order valence-electron chi connectivity index (χ4n) is 2.46. The van der Waals surface area contributed by atoms with E-state index in [2.05, 4.69) is 15.2 Å². The van der Waals surface area contributed by atoms with Gasteiger partial charge in [0.25, 0.3) is 0 Å². The number of fused-ring (bicyclic) bond motifs is 2. The monoisotopic (exact) mass is 367 g/mol. The number of aromatic nitrogens is 3. The summed E-state index contributed by atoms with van der Waals surface area (Å²) in [6, 6.07) is 13.9. The van der Waals surface area contributed by atoms with E-state index in [0.29, 0.717) is 22.3 Å². The van der Waals surface area contributed by atoms with Crippen LogP contribution in [0.2, 0.25) is 0 Å². The second kappa shape index (κ2) is 9.10. The van der Waals surface area contributed by atoms with Crippen molar-refractivity contribution >= 4 is 23.3 Å². The van der Waals surface area contributed by atoms with Crippen LogP contribution in [0.1, 0.15) is 51.5 Å². The van der Waals surface area contributed by atoms with Crippen molar-refractivity contribution < 1.29 is 9.59 Å². The zero-order valence-corrected chi connectivity index (χ0v) is 16.1. The Morgan fingerprint density at radius 2 is 1.19 bits per heavy atom. The summed E-state index contributed by atoms with van der Waals surface area (Å²) in [4.78, 5) is 28.2. The molecule has 1 aliphatic rings. The van der Waals surface area contributed by atoms with Gasteiger partial charge in [-0.25, -0.2) is 4.98 Å². The van der Waals surface area contributed by atoms with Crippen LogP contribution in [0.4, 0.5) is 0 Å². The summed E-state index contributed by atoms with van der Waals surface area (Å²) >= 11 is 1.54. The SMILES string of the molecule is CC.CSc1n[nH]c(C)n1.O=C1c2ccccc2C(=O)c2ccccc21. The number of carbonyl (C=O) groups is 2. The Kier molecular flexibility index (Phi) is 6.86. The van der Waals surface area contributed by atoms with E-state index in [1.54, 1.807) is 48.5 Å². The first-order valence-corrected chi connectivity index (χ1v) is 9.54. The number of benzene rings is 2. The van der Waals surface area contributed by atoms with E-state index < -0.39 is 0 Å². The summed E-state index contributed by atoms with van der Waals surface area (Å²) in [6.45, 7) is 5.88. The highest BCUT2D eigenvalue weighted by Gasteiger charge is 2.28. The van der Waals surface area contributed by atoms with Gasteiger partial charge in [0.15, 0.2) is 11.6 Å². The maximum atomic E-state index is 12.1. The van der Waals surface area contributed by atoms with Gasteiger partial charge in [-0.2, -0.15) is 0 Å². The standard InChI is InChI=1S/C14H8O2.C4H7N3S.C2H6/c15-13-9-5-1-2-6-10(9)14(16)12-8-4-3-7-11(12)13;1-3-5-4(8-2)7-6-3;1-2/h1-8H;1-2H3,(H,5,6,7);1-2H3. The third-order valence-electron chi connectivity index (χ3n) is 3.59. The van der Waals surface area contributed by atoms with Crippen molar-refractivity contribution in [1.82, 2.24) is 15.2 Å². The largest absolute Gasteiger partial charge is 0.289 e. The first-order valence-electron chi connectivity index (χ1n) is 8.32. The number of carbonyl (C=O) groups excluding carboxylic acids is 2. The van der Waals surface area contributed by atoms with Gasteiger partial charge in [-0.05, 0) is 13.2 Å². The summed E-state index contributed by atoms with van der Waals surface area (Å²) < 4.78 is 0. The van der Waals surface area contributed by atoms with Crippen LogP contribution in [0.15, 0.2) is 53.7 Å². The summed E-state index contributed by atoms with van der Waals surface area (Å²) in [5.74, 6) is 0.742. The van der Waals surface area contributed by atoms with Crippen LogP contribution in [0.5, 0.6) is 0 Å². The maximum absolute atomic E-state index is 12.1. The average Bonchev–Trinajstić information content (AvgIpc) is 3.14. The molecule has 0 unspecified atom stereocenters. The number of nitrogens with zero attached hydrogens (tertiary/aromatic N) is 2. The number of ketones is 2. The van der Waals surface area contributed by atoms with Crippen LogP contribution in [-0.4, -0.2) is 33.0 Å². The Morgan fingerprint density at radius 1 is 0.808 bits per heavy atom. The second-order valence-electron chi connectivity index (χ2n) is 5.16. The lowest BCUT2D eigenvalue weighted by Crippen LogP contribution is -2.20. The van der Waals surface area contributed by atoms with Crippen molar-refractivity contribution in [2.75, 3.05) is 6.26 Å². The number of thioether (sulfide) groups is 1. The minimum Gasteiger partial charge on any atom is -0.289 e. The Balaban J connectivity index is 0.000000206. The number of hydrogen-bond acceptors (Lipinski definition) is 5. The molecule has 0 atom stereocenters. The number of nitrogens with one attached hydrogen (secondary N) is 1. The van der Waals surface area contributed by atoms with Crippen molar-refractivity contribution in [3.8, 4) is 0 Å². The van der Waals surface area contributed by atoms with Crippen LogP contribution in [0.3, 0.4) is 0 Å². The van der Waals surface area contributed by atoms with E-state index in [1.165, 1.54) is 11.8 Å². The molecule has 134 valence electrons. The van der Waals surface area contributed by atoms with Crippen molar-refractivity contribution in [2.45, 2.75) is 25.9 Å². The lowest BCUT2D eigenvalue weighted by molar-refractivity contribution is 0.0979. The molecular weight excluding hydrogens is 346 g/mol. The summed E-state index contributed by atoms with van der Waals surface area (Å²) in [5.41, 5.74) is 2.02. The molecule has 0 saturated heterocycles. The van der Waals surface area contributed by atoms with Gasteiger partial charge < -0.3 is 0 Å². The molecule has 0 bridgehead atoms. The van der Waals surface area contributed by atoms with Gasteiger partial charge in [0, 0.05) is 22.3 Å². The van der Waals surface area contributed by atoms with Crippen molar-refractivity contribution in [3.63, 3.8) is 0 Å². The minimum absolute atomic E-state index is 0.0641. The molecule has 1 heterocycles. The summed E-state index contributed by atoms with van der Waals surface area (Å²) in [5, 5.41) is 7.41. The number of hydrogen-bond donors (Lipinski definition) is 1. The van der Waals surface area contributed by atoms with E-state index in [4.69, 9.17) is 0 Å². The Morgan fingerprint density at radius 3 is 1.42 bits per heavy atom. The molecule has 0 radical (unpaired) electrons. The van der Waals surface area contributed by atoms with Crippen LogP contribution >= 0.6 is 11.8 Å². The molecule has 0 amide bonds. The van der Waals surface area contributed by atoms with E-state index in [9.17, 15) is 9.59 Å². The van der Waals surface area contributed by atoms with Crippen molar-refractivity contribution in [1.29, 1.82) is 0 Å². The molecule has 26 heavy (non-hydrogen) atoms. The molecule has 1 N–H and O–H groups in total. The highest BCUT2D eigenvalue weighted by atomic mass is 32.2. The fraction of sp³-hybridized carbons (Fsp3) is 0.200. The lowest BCUT2D eigenvalue weighted by atomic mass is 9.84. The first-order chi connectivity index (χ1) is 12.6. The number of rotatable bonds is 1. The Hall–Kier alpha value is -2.73. The van der Waals surface area contributed by atoms with Crippen LogP contribution in [0.25, 0.3) is 0 Å². The number of H-pyrrole nitrogens is 1. The van der Waals surface area contributed by atoms with Crippen LogP contribution < -0.4 is 0 Å². The average molecular weight is 367 g/mol. The minimum atomic E-state index is -0.0641. The van der Waals surface area contributed by atoms with Gasteiger partial charge in [-0.1, -0.05) is 74.1 Å². The molecule has 0 spiro atoms. The van der Waals surface area contributed by atoms with Gasteiger partial charge >= 0.3 is 0 Å². The van der Waals surface area contributed by atoms with Gasteiger partial charge in [0.05, 0.1) is 0 Å². The second-order valence-corrected chi connectivity index (χ2v) is 5.93. The predicted octanol–water partition coefficient (Wildman–Crippen LogP) is 4.32. The first kappa shape index (κ1) is 19.6. The molecular formula is C20H21N3O2S. The van der Waals surface area contributed by atoms with Gasteiger partial charge in [0.2, 0.25) is 5.16 Å². The molecule has 1 aliphatic carbocycles. The van der Waals surface area contributed by atoms with E-state index in [1.807, 2.05) is 27.0 Å². The summed E-state index contributed by atoms with van der Waals surface area (Å²) in [7, 11) is 0. The van der Waals surface area contributed by atoms with Gasteiger partial charge in [-0.15, -0.1) is 5.10 Å². The molecule has 6 heteroatoms.